The molecule has 0 aliphatic carbocycles. The van der Waals surface area contributed by atoms with Crippen LogP contribution in [0.15, 0.2) is 57.5 Å². The van der Waals surface area contributed by atoms with Crippen LogP contribution in [0.1, 0.15) is 23.1 Å². The van der Waals surface area contributed by atoms with Crippen LogP contribution in [0.2, 0.25) is 0 Å². The van der Waals surface area contributed by atoms with Crippen LogP contribution in [0.4, 0.5) is 0 Å². The largest absolute Gasteiger partial charge is 0.388 e. The quantitative estimate of drug-likeness (QED) is 0.837. The molecule has 2 aromatic carbocycles. The number of hydrogen-bond acceptors (Lipinski definition) is 2. The SMILES string of the molecule is NCC(c1ccc(Br)cc1)C(O)c1ccc(Br)cc1. The van der Waals surface area contributed by atoms with Gasteiger partial charge in [0.1, 0.15) is 0 Å². The first-order chi connectivity index (χ1) is 9.11. The van der Waals surface area contributed by atoms with Gasteiger partial charge < -0.3 is 10.8 Å². The highest BCUT2D eigenvalue weighted by molar-refractivity contribution is 9.10. The lowest BCUT2D eigenvalue weighted by Crippen LogP contribution is -2.20. The summed E-state index contributed by atoms with van der Waals surface area (Å²) >= 11 is 6.80. The number of nitrogens with two attached hydrogens (primary N) is 1. The highest BCUT2D eigenvalue weighted by Gasteiger charge is 2.21. The van der Waals surface area contributed by atoms with Crippen molar-refractivity contribution in [2.45, 2.75) is 12.0 Å². The summed E-state index contributed by atoms with van der Waals surface area (Å²) in [6, 6.07) is 15.6. The molecule has 2 atom stereocenters. The molecule has 0 aromatic heterocycles. The fourth-order valence-electron chi connectivity index (χ4n) is 2.05. The van der Waals surface area contributed by atoms with Gasteiger partial charge in [0.05, 0.1) is 6.10 Å². The van der Waals surface area contributed by atoms with E-state index in [1.54, 1.807) is 0 Å². The third kappa shape index (κ3) is 3.66. The Kier molecular flexibility index (Phi) is 5.16. The van der Waals surface area contributed by atoms with Crippen molar-refractivity contribution in [3.8, 4) is 0 Å². The summed E-state index contributed by atoms with van der Waals surface area (Å²) in [7, 11) is 0. The topological polar surface area (TPSA) is 46.2 Å². The minimum atomic E-state index is -0.598. The molecular weight excluding hydrogens is 370 g/mol. The Morgan fingerprint density at radius 3 is 1.68 bits per heavy atom. The molecule has 0 aliphatic heterocycles. The molecule has 100 valence electrons. The molecule has 0 heterocycles. The Morgan fingerprint density at radius 2 is 1.26 bits per heavy atom. The first-order valence-electron chi connectivity index (χ1n) is 6.01. The van der Waals surface area contributed by atoms with Crippen molar-refractivity contribution in [2.75, 3.05) is 6.54 Å². The van der Waals surface area contributed by atoms with Gasteiger partial charge in [0.25, 0.3) is 0 Å². The van der Waals surface area contributed by atoms with E-state index in [0.29, 0.717) is 6.54 Å². The summed E-state index contributed by atoms with van der Waals surface area (Å²) < 4.78 is 2.02. The number of hydrogen-bond donors (Lipinski definition) is 2. The second-order valence-electron chi connectivity index (χ2n) is 4.39. The summed E-state index contributed by atoms with van der Waals surface area (Å²) in [6.07, 6.45) is -0.598. The molecule has 19 heavy (non-hydrogen) atoms. The fourth-order valence-corrected chi connectivity index (χ4v) is 2.58. The van der Waals surface area contributed by atoms with Crippen LogP contribution in [0.3, 0.4) is 0 Å². The van der Waals surface area contributed by atoms with Crippen LogP contribution in [-0.4, -0.2) is 11.7 Å². The van der Waals surface area contributed by atoms with Gasteiger partial charge in [0.2, 0.25) is 0 Å². The maximum atomic E-state index is 10.5. The van der Waals surface area contributed by atoms with Gasteiger partial charge in [-0.15, -0.1) is 0 Å². The molecule has 0 radical (unpaired) electrons. The molecule has 0 saturated heterocycles. The molecule has 0 aliphatic rings. The van der Waals surface area contributed by atoms with Crippen molar-refractivity contribution in [1.82, 2.24) is 0 Å². The predicted molar refractivity (Wildman–Crippen MR) is 85.0 cm³/mol. The number of aliphatic hydroxyl groups is 1. The van der Waals surface area contributed by atoms with Crippen molar-refractivity contribution >= 4 is 31.9 Å². The number of aliphatic hydroxyl groups excluding tert-OH is 1. The van der Waals surface area contributed by atoms with Crippen LogP contribution in [0, 0.1) is 0 Å². The molecule has 0 spiro atoms. The Bertz CT molecular complexity index is 525. The van der Waals surface area contributed by atoms with Crippen LogP contribution >= 0.6 is 31.9 Å². The first-order valence-corrected chi connectivity index (χ1v) is 7.59. The third-order valence-electron chi connectivity index (χ3n) is 3.14. The van der Waals surface area contributed by atoms with E-state index in [9.17, 15) is 5.11 Å². The van der Waals surface area contributed by atoms with Gasteiger partial charge in [-0.05, 0) is 35.4 Å². The van der Waals surface area contributed by atoms with Crippen LogP contribution in [0.5, 0.6) is 0 Å². The van der Waals surface area contributed by atoms with Crippen molar-refractivity contribution in [3.63, 3.8) is 0 Å². The zero-order chi connectivity index (χ0) is 13.8. The lowest BCUT2D eigenvalue weighted by molar-refractivity contribution is 0.147. The molecule has 2 aromatic rings. The standard InChI is InChI=1S/C15H15Br2NO/c16-12-5-1-10(2-6-12)14(9-18)15(19)11-3-7-13(17)8-4-11/h1-8,14-15,19H,9,18H2. The van der Waals surface area contributed by atoms with E-state index >= 15 is 0 Å². The van der Waals surface area contributed by atoms with E-state index < -0.39 is 6.10 Å². The predicted octanol–water partition coefficient (Wildman–Crippen LogP) is 3.99. The second kappa shape index (κ2) is 6.66. The summed E-state index contributed by atoms with van der Waals surface area (Å²) in [4.78, 5) is 0. The number of halogens is 2. The number of rotatable bonds is 4. The van der Waals surface area contributed by atoms with Crippen LogP contribution in [-0.2, 0) is 0 Å². The van der Waals surface area contributed by atoms with Crippen LogP contribution in [0.25, 0.3) is 0 Å². The van der Waals surface area contributed by atoms with Gasteiger partial charge in [0.15, 0.2) is 0 Å². The zero-order valence-electron chi connectivity index (χ0n) is 10.3. The van der Waals surface area contributed by atoms with Crippen molar-refractivity contribution in [2.24, 2.45) is 5.73 Å². The lowest BCUT2D eigenvalue weighted by Gasteiger charge is -2.22. The van der Waals surface area contributed by atoms with Gasteiger partial charge >= 0.3 is 0 Å². The molecule has 0 fully saturated rings. The number of benzene rings is 2. The van der Waals surface area contributed by atoms with Gasteiger partial charge in [-0.3, -0.25) is 0 Å². The first kappa shape index (κ1) is 14.7. The van der Waals surface area contributed by atoms with E-state index in [0.717, 1.165) is 20.1 Å². The fraction of sp³-hybridized carbons (Fsp3) is 0.200. The molecule has 0 amide bonds. The third-order valence-corrected chi connectivity index (χ3v) is 4.20. The monoisotopic (exact) mass is 383 g/mol. The van der Waals surface area contributed by atoms with E-state index in [2.05, 4.69) is 31.9 Å². The second-order valence-corrected chi connectivity index (χ2v) is 6.22. The van der Waals surface area contributed by atoms with E-state index in [-0.39, 0.29) is 5.92 Å². The van der Waals surface area contributed by atoms with Gasteiger partial charge in [-0.25, -0.2) is 0 Å². The Balaban J connectivity index is 2.26. The average Bonchev–Trinajstić information content (AvgIpc) is 2.42. The molecule has 4 heteroatoms. The van der Waals surface area contributed by atoms with Crippen molar-refractivity contribution < 1.29 is 5.11 Å². The lowest BCUT2D eigenvalue weighted by atomic mass is 9.89. The Morgan fingerprint density at radius 1 is 0.842 bits per heavy atom. The molecule has 0 bridgehead atoms. The Hall–Kier alpha value is -0.680. The minimum absolute atomic E-state index is 0.103. The Labute approximate surface area is 129 Å². The summed E-state index contributed by atoms with van der Waals surface area (Å²) in [5, 5.41) is 10.5. The zero-order valence-corrected chi connectivity index (χ0v) is 13.4. The highest BCUT2D eigenvalue weighted by Crippen LogP contribution is 2.31. The molecule has 3 N–H and O–H groups in total. The van der Waals surface area contributed by atoms with Crippen LogP contribution < -0.4 is 5.73 Å². The summed E-state index contributed by atoms with van der Waals surface area (Å²) in [5.41, 5.74) is 7.75. The maximum Gasteiger partial charge on any atom is 0.0870 e. The summed E-state index contributed by atoms with van der Waals surface area (Å²) in [6.45, 7) is 0.402. The molecule has 2 nitrogen and oxygen atoms in total. The van der Waals surface area contributed by atoms with Crippen molar-refractivity contribution in [3.05, 3.63) is 68.6 Å². The molecule has 2 unspecified atom stereocenters. The van der Waals surface area contributed by atoms with E-state index in [4.69, 9.17) is 5.73 Å². The molecular formula is C15H15Br2NO. The molecule has 0 saturated carbocycles. The highest BCUT2D eigenvalue weighted by atomic mass is 79.9. The van der Waals surface area contributed by atoms with Crippen molar-refractivity contribution in [1.29, 1.82) is 0 Å². The van der Waals surface area contributed by atoms with Gasteiger partial charge in [-0.1, -0.05) is 56.1 Å². The van der Waals surface area contributed by atoms with Gasteiger partial charge in [0, 0.05) is 21.4 Å². The summed E-state index contributed by atoms with van der Waals surface area (Å²) in [5.74, 6) is -0.103. The molecule has 2 rings (SSSR count). The van der Waals surface area contributed by atoms with E-state index in [1.165, 1.54) is 0 Å². The van der Waals surface area contributed by atoms with E-state index in [1.807, 2.05) is 48.5 Å². The maximum absolute atomic E-state index is 10.5. The van der Waals surface area contributed by atoms with Gasteiger partial charge in [-0.2, -0.15) is 0 Å². The smallest absolute Gasteiger partial charge is 0.0870 e. The minimum Gasteiger partial charge on any atom is -0.388 e. The normalized spacial score (nSPS) is 14.1. The average molecular weight is 385 g/mol.